The van der Waals surface area contributed by atoms with Crippen LogP contribution in [0.4, 0.5) is 5.69 Å². The highest BCUT2D eigenvalue weighted by Crippen LogP contribution is 2.36. The summed E-state index contributed by atoms with van der Waals surface area (Å²) >= 11 is 9.61. The van der Waals surface area contributed by atoms with Gasteiger partial charge < -0.3 is 5.32 Å². The largest absolute Gasteiger partial charge is 0.377 e. The first-order chi connectivity index (χ1) is 9.97. The maximum atomic E-state index is 12.1. The van der Waals surface area contributed by atoms with Crippen LogP contribution in [0.5, 0.6) is 0 Å². The molecular weight excluding hydrogens is 374 g/mol. The third-order valence-corrected chi connectivity index (χ3v) is 6.20. The van der Waals surface area contributed by atoms with Crippen LogP contribution in [-0.2, 0) is 9.84 Å². The minimum Gasteiger partial charge on any atom is -0.377 e. The van der Waals surface area contributed by atoms with Crippen LogP contribution in [-0.4, -0.2) is 14.2 Å². The lowest BCUT2D eigenvalue weighted by atomic mass is 10.0. The molecule has 0 amide bonds. The molecule has 3 nitrogen and oxygen atoms in total. The molecule has 1 atom stereocenters. The third kappa shape index (κ3) is 2.96. The van der Waals surface area contributed by atoms with Crippen molar-refractivity contribution in [2.75, 3.05) is 11.1 Å². The molecule has 110 valence electrons. The molecule has 0 saturated carbocycles. The first-order valence-electron chi connectivity index (χ1n) is 6.51. The van der Waals surface area contributed by atoms with E-state index in [0.29, 0.717) is 16.3 Å². The molecule has 1 N–H and O–H groups in total. The van der Waals surface area contributed by atoms with Crippen LogP contribution in [0.2, 0.25) is 5.02 Å². The van der Waals surface area contributed by atoms with Crippen molar-refractivity contribution in [2.45, 2.75) is 17.4 Å². The molecule has 2 aromatic rings. The van der Waals surface area contributed by atoms with Gasteiger partial charge in [-0.05, 0) is 36.2 Å². The Morgan fingerprint density at radius 3 is 2.76 bits per heavy atom. The lowest BCUT2D eigenvalue weighted by Gasteiger charge is -2.27. The van der Waals surface area contributed by atoms with Crippen molar-refractivity contribution in [3.63, 3.8) is 0 Å². The van der Waals surface area contributed by atoms with Crippen molar-refractivity contribution >= 4 is 43.1 Å². The predicted octanol–water partition coefficient (Wildman–Crippen LogP) is 4.43. The third-order valence-electron chi connectivity index (χ3n) is 3.56. The molecule has 0 aliphatic carbocycles. The van der Waals surface area contributed by atoms with E-state index in [0.717, 1.165) is 15.7 Å². The van der Waals surface area contributed by atoms with E-state index < -0.39 is 9.84 Å². The summed E-state index contributed by atoms with van der Waals surface area (Å²) in [5.41, 5.74) is 1.60. The Morgan fingerprint density at radius 1 is 1.19 bits per heavy atom. The topological polar surface area (TPSA) is 46.2 Å². The Morgan fingerprint density at radius 2 is 1.95 bits per heavy atom. The Kier molecular flexibility index (Phi) is 3.99. The van der Waals surface area contributed by atoms with Gasteiger partial charge in [0.25, 0.3) is 0 Å². The zero-order valence-corrected chi connectivity index (χ0v) is 14.2. The fourth-order valence-corrected chi connectivity index (χ4v) is 4.69. The predicted molar refractivity (Wildman–Crippen MR) is 88.6 cm³/mol. The maximum absolute atomic E-state index is 12.1. The molecule has 2 aromatic carbocycles. The Hall–Kier alpha value is -1.04. The fraction of sp³-hybridized carbons (Fsp3) is 0.200. The van der Waals surface area contributed by atoms with Crippen molar-refractivity contribution in [1.82, 2.24) is 0 Å². The van der Waals surface area contributed by atoms with Gasteiger partial charge in [0.1, 0.15) is 0 Å². The van der Waals surface area contributed by atoms with E-state index in [2.05, 4.69) is 21.2 Å². The van der Waals surface area contributed by atoms with Gasteiger partial charge >= 0.3 is 0 Å². The molecule has 21 heavy (non-hydrogen) atoms. The second kappa shape index (κ2) is 5.63. The number of fused-ring (bicyclic) bond motifs is 1. The summed E-state index contributed by atoms with van der Waals surface area (Å²) in [7, 11) is -3.17. The molecule has 1 heterocycles. The molecule has 0 radical (unpaired) electrons. The van der Waals surface area contributed by atoms with Crippen LogP contribution in [0.15, 0.2) is 51.8 Å². The average Bonchev–Trinajstić information content (AvgIpc) is 2.46. The highest BCUT2D eigenvalue weighted by atomic mass is 79.9. The summed E-state index contributed by atoms with van der Waals surface area (Å²) in [4.78, 5) is 0.417. The number of rotatable bonds is 2. The molecule has 0 aromatic heterocycles. The fourth-order valence-electron chi connectivity index (χ4n) is 2.54. The van der Waals surface area contributed by atoms with E-state index in [-0.39, 0.29) is 11.8 Å². The normalized spacial score (nSPS) is 19.8. The number of halogens is 2. The number of hydrogen-bond donors (Lipinski definition) is 1. The van der Waals surface area contributed by atoms with Crippen LogP contribution in [0.3, 0.4) is 0 Å². The number of benzene rings is 2. The van der Waals surface area contributed by atoms with Gasteiger partial charge in [-0.25, -0.2) is 8.42 Å². The van der Waals surface area contributed by atoms with E-state index in [1.165, 1.54) is 0 Å². The van der Waals surface area contributed by atoms with Gasteiger partial charge in [0.05, 0.1) is 27.4 Å². The van der Waals surface area contributed by atoms with Gasteiger partial charge in [-0.15, -0.1) is 0 Å². The van der Waals surface area contributed by atoms with E-state index in [9.17, 15) is 8.42 Å². The molecule has 3 rings (SSSR count). The van der Waals surface area contributed by atoms with Crippen molar-refractivity contribution < 1.29 is 8.42 Å². The van der Waals surface area contributed by atoms with E-state index in [1.54, 1.807) is 18.2 Å². The molecule has 1 aliphatic rings. The second-order valence-electron chi connectivity index (χ2n) is 4.97. The summed E-state index contributed by atoms with van der Waals surface area (Å²) < 4.78 is 25.2. The summed E-state index contributed by atoms with van der Waals surface area (Å²) in [6.07, 6.45) is 0.530. The van der Waals surface area contributed by atoms with Crippen LogP contribution < -0.4 is 5.32 Å². The standard InChI is InChI=1S/C15H13BrClNO2S/c16-10-5-6-12(17)14(9-10)18-13-7-8-21(19,20)15-4-2-1-3-11(13)15/h1-6,9,13,18H,7-8H2. The number of hydrogen-bond acceptors (Lipinski definition) is 3. The van der Waals surface area contributed by atoms with Crippen LogP contribution in [0.1, 0.15) is 18.0 Å². The lowest BCUT2D eigenvalue weighted by molar-refractivity contribution is 0.576. The smallest absolute Gasteiger partial charge is 0.178 e. The molecule has 0 bridgehead atoms. The second-order valence-corrected chi connectivity index (χ2v) is 8.37. The summed E-state index contributed by atoms with van der Waals surface area (Å²) in [5, 5.41) is 3.97. The Balaban J connectivity index is 1.99. The summed E-state index contributed by atoms with van der Waals surface area (Å²) in [6, 6.07) is 12.6. The molecule has 0 fully saturated rings. The van der Waals surface area contributed by atoms with Crippen molar-refractivity contribution in [3.8, 4) is 0 Å². The summed E-state index contributed by atoms with van der Waals surface area (Å²) in [6.45, 7) is 0. The van der Waals surface area contributed by atoms with Gasteiger partial charge in [-0.2, -0.15) is 0 Å². The van der Waals surface area contributed by atoms with Gasteiger partial charge in [0.15, 0.2) is 9.84 Å². The minimum atomic E-state index is -3.17. The van der Waals surface area contributed by atoms with Gasteiger partial charge in [0.2, 0.25) is 0 Å². The van der Waals surface area contributed by atoms with Crippen LogP contribution in [0, 0.1) is 0 Å². The number of nitrogens with one attached hydrogen (secondary N) is 1. The van der Waals surface area contributed by atoms with Crippen molar-refractivity contribution in [3.05, 3.63) is 57.5 Å². The van der Waals surface area contributed by atoms with Crippen molar-refractivity contribution in [1.29, 1.82) is 0 Å². The van der Waals surface area contributed by atoms with Crippen LogP contribution in [0.25, 0.3) is 0 Å². The molecule has 0 spiro atoms. The quantitative estimate of drug-likeness (QED) is 0.830. The van der Waals surface area contributed by atoms with E-state index in [4.69, 9.17) is 11.6 Å². The zero-order chi connectivity index (χ0) is 15.0. The SMILES string of the molecule is O=S1(=O)CCC(Nc2cc(Br)ccc2Cl)c2ccccc21. The molecular formula is C15H13BrClNO2S. The molecule has 1 aliphatic heterocycles. The maximum Gasteiger partial charge on any atom is 0.178 e. The van der Waals surface area contributed by atoms with Gasteiger partial charge in [0, 0.05) is 4.47 Å². The number of sulfone groups is 1. The van der Waals surface area contributed by atoms with Crippen molar-refractivity contribution in [2.24, 2.45) is 0 Å². The average molecular weight is 387 g/mol. The molecule has 1 unspecified atom stereocenters. The summed E-state index contributed by atoms with van der Waals surface area (Å²) in [5.74, 6) is 0.146. The lowest BCUT2D eigenvalue weighted by Crippen LogP contribution is -2.24. The first kappa shape index (κ1) is 14.9. The monoisotopic (exact) mass is 385 g/mol. The minimum absolute atomic E-state index is 0.0588. The Bertz CT molecular complexity index is 792. The van der Waals surface area contributed by atoms with Crippen LogP contribution >= 0.6 is 27.5 Å². The Labute approximate surface area is 137 Å². The van der Waals surface area contributed by atoms with E-state index >= 15 is 0 Å². The highest BCUT2D eigenvalue weighted by molar-refractivity contribution is 9.10. The number of anilines is 1. The molecule has 0 saturated heterocycles. The molecule has 6 heteroatoms. The highest BCUT2D eigenvalue weighted by Gasteiger charge is 2.30. The zero-order valence-electron chi connectivity index (χ0n) is 11.0. The first-order valence-corrected chi connectivity index (χ1v) is 9.33. The van der Waals surface area contributed by atoms with E-state index in [1.807, 2.05) is 24.3 Å². The van der Waals surface area contributed by atoms with Gasteiger partial charge in [-0.3, -0.25) is 0 Å². The van der Waals surface area contributed by atoms with Gasteiger partial charge in [-0.1, -0.05) is 45.7 Å².